The van der Waals surface area contributed by atoms with Gasteiger partial charge in [-0.3, -0.25) is 9.59 Å². The Balaban J connectivity index is 2.02. The molecule has 0 aromatic heterocycles. The van der Waals surface area contributed by atoms with Crippen LogP contribution in [0.4, 0.5) is 5.69 Å². The Morgan fingerprint density at radius 2 is 1.83 bits per heavy atom. The van der Waals surface area contributed by atoms with Crippen LogP contribution < -0.4 is 16.4 Å². The topological polar surface area (TPSA) is 84.2 Å². The molecule has 0 atom stereocenters. The van der Waals surface area contributed by atoms with Crippen molar-refractivity contribution in [1.82, 2.24) is 10.6 Å². The molecular weight excluding hydrogens is 302 g/mol. The third kappa shape index (κ3) is 4.59. The summed E-state index contributed by atoms with van der Waals surface area (Å²) in [5.74, 6) is -0.280. The lowest BCUT2D eigenvalue weighted by Gasteiger charge is -2.10. The van der Waals surface area contributed by atoms with Gasteiger partial charge in [-0.05, 0) is 48.7 Å². The minimum Gasteiger partial charge on any atom is -0.399 e. The van der Waals surface area contributed by atoms with Crippen molar-refractivity contribution in [2.45, 2.75) is 26.8 Å². The Morgan fingerprint density at radius 1 is 1.04 bits per heavy atom. The number of benzene rings is 2. The highest BCUT2D eigenvalue weighted by atomic mass is 16.2. The maximum absolute atomic E-state index is 12.3. The van der Waals surface area contributed by atoms with E-state index in [0.29, 0.717) is 29.9 Å². The van der Waals surface area contributed by atoms with Crippen molar-refractivity contribution >= 4 is 17.5 Å². The minimum absolute atomic E-state index is 0.100. The molecule has 0 spiro atoms. The molecular formula is C19H23N3O2. The van der Waals surface area contributed by atoms with Crippen LogP contribution in [-0.4, -0.2) is 18.4 Å². The van der Waals surface area contributed by atoms with Crippen LogP contribution in [0.1, 0.15) is 45.2 Å². The van der Waals surface area contributed by atoms with E-state index in [1.54, 1.807) is 24.3 Å². The summed E-state index contributed by atoms with van der Waals surface area (Å²) in [7, 11) is 0. The highest BCUT2D eigenvalue weighted by Gasteiger charge is 2.10. The van der Waals surface area contributed by atoms with Gasteiger partial charge in [0.25, 0.3) is 11.8 Å². The molecule has 5 nitrogen and oxygen atoms in total. The molecule has 0 fully saturated rings. The van der Waals surface area contributed by atoms with Gasteiger partial charge in [0.15, 0.2) is 0 Å². The second-order valence-corrected chi connectivity index (χ2v) is 5.71. The summed E-state index contributed by atoms with van der Waals surface area (Å²) in [5.41, 5.74) is 9.19. The molecule has 0 aliphatic rings. The zero-order valence-corrected chi connectivity index (χ0v) is 14.1. The predicted molar refractivity (Wildman–Crippen MR) is 95.8 cm³/mol. The van der Waals surface area contributed by atoms with Crippen molar-refractivity contribution in [2.75, 3.05) is 12.3 Å². The molecule has 2 aromatic carbocycles. The Hall–Kier alpha value is -2.82. The summed E-state index contributed by atoms with van der Waals surface area (Å²) < 4.78 is 0. The summed E-state index contributed by atoms with van der Waals surface area (Å²) in [6, 6.07) is 12.5. The lowest BCUT2D eigenvalue weighted by atomic mass is 10.1. The molecule has 2 rings (SSSR count). The van der Waals surface area contributed by atoms with E-state index in [-0.39, 0.29) is 11.8 Å². The summed E-state index contributed by atoms with van der Waals surface area (Å²) in [6.45, 7) is 4.87. The molecule has 0 saturated heterocycles. The predicted octanol–water partition coefficient (Wildman–Crippen LogP) is 2.65. The molecule has 24 heavy (non-hydrogen) atoms. The Kier molecular flexibility index (Phi) is 5.95. The zero-order chi connectivity index (χ0) is 17.5. The molecule has 0 aliphatic carbocycles. The van der Waals surface area contributed by atoms with E-state index in [4.69, 9.17) is 5.73 Å². The van der Waals surface area contributed by atoms with Crippen molar-refractivity contribution in [3.63, 3.8) is 0 Å². The number of nitrogen functional groups attached to an aromatic ring is 1. The number of anilines is 1. The zero-order valence-electron chi connectivity index (χ0n) is 14.1. The van der Waals surface area contributed by atoms with Crippen molar-refractivity contribution < 1.29 is 9.59 Å². The number of aryl methyl sites for hydroxylation is 1. The quantitative estimate of drug-likeness (QED) is 0.714. The average Bonchev–Trinajstić information content (AvgIpc) is 2.59. The van der Waals surface area contributed by atoms with Gasteiger partial charge < -0.3 is 16.4 Å². The summed E-state index contributed by atoms with van der Waals surface area (Å²) in [5, 5.41) is 5.71. The maximum Gasteiger partial charge on any atom is 0.251 e. The summed E-state index contributed by atoms with van der Waals surface area (Å²) in [4.78, 5) is 24.3. The number of nitrogens with two attached hydrogens (primary N) is 1. The van der Waals surface area contributed by atoms with Crippen LogP contribution in [0.5, 0.6) is 0 Å². The molecule has 0 bridgehead atoms. The number of hydrogen-bond donors (Lipinski definition) is 3. The SMILES string of the molecule is CCCNC(=O)c1cccc(CNC(=O)c2cc(N)ccc2C)c1. The van der Waals surface area contributed by atoms with E-state index < -0.39 is 0 Å². The van der Waals surface area contributed by atoms with Crippen molar-refractivity contribution in [1.29, 1.82) is 0 Å². The number of nitrogens with one attached hydrogen (secondary N) is 2. The fraction of sp³-hybridized carbons (Fsp3) is 0.263. The van der Waals surface area contributed by atoms with Crippen LogP contribution in [0.25, 0.3) is 0 Å². The highest BCUT2D eigenvalue weighted by molar-refractivity contribution is 5.96. The van der Waals surface area contributed by atoms with Gasteiger partial charge in [0.1, 0.15) is 0 Å². The molecule has 0 unspecified atom stereocenters. The van der Waals surface area contributed by atoms with Gasteiger partial charge >= 0.3 is 0 Å². The van der Waals surface area contributed by atoms with Gasteiger partial charge in [0, 0.05) is 29.9 Å². The van der Waals surface area contributed by atoms with Crippen molar-refractivity contribution in [2.24, 2.45) is 0 Å². The smallest absolute Gasteiger partial charge is 0.251 e. The first kappa shape index (κ1) is 17.5. The van der Waals surface area contributed by atoms with Gasteiger partial charge in [0.2, 0.25) is 0 Å². The first-order valence-electron chi connectivity index (χ1n) is 8.02. The van der Waals surface area contributed by atoms with Crippen LogP contribution in [0.15, 0.2) is 42.5 Å². The van der Waals surface area contributed by atoms with E-state index in [0.717, 1.165) is 17.5 Å². The van der Waals surface area contributed by atoms with E-state index in [1.165, 1.54) is 0 Å². The second-order valence-electron chi connectivity index (χ2n) is 5.71. The largest absolute Gasteiger partial charge is 0.399 e. The number of hydrogen-bond acceptors (Lipinski definition) is 3. The molecule has 5 heteroatoms. The number of amides is 2. The fourth-order valence-electron chi connectivity index (χ4n) is 2.32. The average molecular weight is 325 g/mol. The molecule has 2 aromatic rings. The number of carbonyl (C=O) groups is 2. The van der Waals surface area contributed by atoms with E-state index >= 15 is 0 Å². The van der Waals surface area contributed by atoms with Crippen LogP contribution in [0.3, 0.4) is 0 Å². The van der Waals surface area contributed by atoms with Gasteiger partial charge in [-0.2, -0.15) is 0 Å². The summed E-state index contributed by atoms with van der Waals surface area (Å²) in [6.07, 6.45) is 0.890. The molecule has 126 valence electrons. The normalized spacial score (nSPS) is 10.2. The lowest BCUT2D eigenvalue weighted by molar-refractivity contribution is 0.0946. The third-order valence-corrected chi connectivity index (χ3v) is 3.68. The Labute approximate surface area is 142 Å². The first-order valence-corrected chi connectivity index (χ1v) is 8.02. The Bertz CT molecular complexity index is 741. The minimum atomic E-state index is -0.180. The van der Waals surface area contributed by atoms with Crippen LogP contribution in [-0.2, 0) is 6.54 Å². The van der Waals surface area contributed by atoms with E-state index in [1.807, 2.05) is 32.0 Å². The highest BCUT2D eigenvalue weighted by Crippen LogP contribution is 2.13. The number of carbonyl (C=O) groups excluding carboxylic acids is 2. The molecule has 4 N–H and O–H groups in total. The molecule has 2 amide bonds. The van der Waals surface area contributed by atoms with E-state index in [9.17, 15) is 9.59 Å². The molecule has 0 saturated carbocycles. The van der Waals surface area contributed by atoms with Crippen LogP contribution in [0, 0.1) is 6.92 Å². The molecule has 0 radical (unpaired) electrons. The monoisotopic (exact) mass is 325 g/mol. The van der Waals surface area contributed by atoms with E-state index in [2.05, 4.69) is 10.6 Å². The van der Waals surface area contributed by atoms with Crippen LogP contribution in [0.2, 0.25) is 0 Å². The molecule has 0 aliphatic heterocycles. The van der Waals surface area contributed by atoms with Gasteiger partial charge in [-0.15, -0.1) is 0 Å². The lowest BCUT2D eigenvalue weighted by Crippen LogP contribution is -2.25. The Morgan fingerprint density at radius 3 is 2.58 bits per heavy atom. The van der Waals surface area contributed by atoms with Crippen molar-refractivity contribution in [3.05, 3.63) is 64.7 Å². The molecule has 0 heterocycles. The van der Waals surface area contributed by atoms with Gasteiger partial charge in [0.05, 0.1) is 0 Å². The standard InChI is InChI=1S/C19H23N3O2/c1-3-9-21-18(23)15-6-4-5-14(10-15)12-22-19(24)17-11-16(20)8-7-13(17)2/h4-8,10-11H,3,9,12,20H2,1-2H3,(H,21,23)(H,22,24). The van der Waals surface area contributed by atoms with Crippen LogP contribution >= 0.6 is 0 Å². The summed E-state index contributed by atoms with van der Waals surface area (Å²) >= 11 is 0. The first-order chi connectivity index (χ1) is 11.5. The number of rotatable bonds is 6. The van der Waals surface area contributed by atoms with Crippen molar-refractivity contribution in [3.8, 4) is 0 Å². The fourth-order valence-corrected chi connectivity index (χ4v) is 2.32. The maximum atomic E-state index is 12.3. The third-order valence-electron chi connectivity index (χ3n) is 3.68. The van der Waals surface area contributed by atoms with Gasteiger partial charge in [-0.25, -0.2) is 0 Å². The second kappa shape index (κ2) is 8.15. The van der Waals surface area contributed by atoms with Gasteiger partial charge in [-0.1, -0.05) is 25.1 Å².